The zero-order chi connectivity index (χ0) is 28.3. The number of rotatable bonds is 7. The smallest absolute Gasteiger partial charge is 0.334 e. The van der Waals surface area contributed by atoms with Crippen molar-refractivity contribution in [3.63, 3.8) is 0 Å². The van der Waals surface area contributed by atoms with Crippen LogP contribution in [0.5, 0.6) is 0 Å². The highest BCUT2D eigenvalue weighted by Gasteiger charge is 2.48. The van der Waals surface area contributed by atoms with E-state index < -0.39 is 42.5 Å². The lowest BCUT2D eigenvalue weighted by Crippen LogP contribution is -2.72. The van der Waals surface area contributed by atoms with Gasteiger partial charge in [-0.05, 0) is 53.9 Å². The van der Waals surface area contributed by atoms with Crippen molar-refractivity contribution >= 4 is 17.8 Å². The van der Waals surface area contributed by atoms with Gasteiger partial charge in [-0.25, -0.2) is 13.6 Å². The molecule has 13 heteroatoms. The lowest BCUT2D eigenvalue weighted by atomic mass is 10.0. The number of halogens is 5. The molecule has 2 aliphatic heterocycles. The van der Waals surface area contributed by atoms with Gasteiger partial charge in [0.05, 0.1) is 12.1 Å². The second kappa shape index (κ2) is 11.6. The molecule has 0 saturated carbocycles. The number of hydrogen-bond donors (Lipinski definition) is 2. The lowest BCUT2D eigenvalue weighted by molar-refractivity contribution is -0.167. The Bertz CT molecular complexity index is 1240. The molecule has 0 bridgehead atoms. The number of urea groups is 1. The van der Waals surface area contributed by atoms with Gasteiger partial charge in [-0.1, -0.05) is 18.2 Å². The van der Waals surface area contributed by atoms with E-state index in [4.69, 9.17) is 5.73 Å². The summed E-state index contributed by atoms with van der Waals surface area (Å²) in [7, 11) is 0. The number of nitrogens with two attached hydrogens (primary N) is 1. The van der Waals surface area contributed by atoms with Crippen LogP contribution in [0, 0.1) is 5.82 Å². The molecular formula is C26H28F5N5O3. The normalized spacial score (nSPS) is 19.8. The molecular weight excluding hydrogens is 525 g/mol. The van der Waals surface area contributed by atoms with E-state index in [0.29, 0.717) is 11.6 Å². The number of fused-ring (bicyclic) bond motifs is 1. The van der Waals surface area contributed by atoms with Crippen molar-refractivity contribution < 1.29 is 36.3 Å². The molecule has 2 fully saturated rings. The quantitative estimate of drug-likeness (QED) is 0.515. The fraction of sp³-hybridized carbons (Fsp3) is 0.423. The Morgan fingerprint density at radius 1 is 1.08 bits per heavy atom. The highest BCUT2D eigenvalue weighted by molar-refractivity contribution is 5.91. The van der Waals surface area contributed by atoms with Gasteiger partial charge < -0.3 is 25.8 Å². The van der Waals surface area contributed by atoms with Crippen LogP contribution in [0.1, 0.15) is 35.1 Å². The summed E-state index contributed by atoms with van der Waals surface area (Å²) in [6.07, 6.45) is -5.46. The topological polar surface area (TPSA) is 99.0 Å². The zero-order valence-corrected chi connectivity index (χ0v) is 20.9. The van der Waals surface area contributed by atoms with E-state index in [0.717, 1.165) is 6.07 Å². The van der Waals surface area contributed by atoms with Crippen molar-refractivity contribution in [1.29, 1.82) is 0 Å². The number of nitrogens with zero attached hydrogens (tertiary/aromatic N) is 3. The molecule has 2 heterocycles. The van der Waals surface area contributed by atoms with Crippen molar-refractivity contribution in [3.8, 4) is 0 Å². The second-order valence-electron chi connectivity index (χ2n) is 9.50. The molecule has 3 N–H and O–H groups in total. The average Bonchev–Trinajstić information content (AvgIpc) is 2.89. The van der Waals surface area contributed by atoms with E-state index >= 15 is 0 Å². The minimum Gasteiger partial charge on any atom is -0.334 e. The number of benzene rings is 2. The van der Waals surface area contributed by atoms with E-state index in [1.165, 1.54) is 39.0 Å². The Morgan fingerprint density at radius 2 is 1.82 bits per heavy atom. The van der Waals surface area contributed by atoms with E-state index in [9.17, 15) is 36.3 Å². The number of alkyl halides is 4. The molecule has 8 nitrogen and oxygen atoms in total. The molecule has 2 saturated heterocycles. The van der Waals surface area contributed by atoms with Crippen molar-refractivity contribution in [2.75, 3.05) is 19.6 Å². The van der Waals surface area contributed by atoms with Crippen LogP contribution in [-0.4, -0.2) is 64.4 Å². The second-order valence-corrected chi connectivity index (χ2v) is 9.50. The van der Waals surface area contributed by atoms with Gasteiger partial charge in [-0.2, -0.15) is 13.2 Å². The molecule has 210 valence electrons. The van der Waals surface area contributed by atoms with Crippen LogP contribution in [0.25, 0.3) is 0 Å². The van der Waals surface area contributed by atoms with Crippen LogP contribution in [0.4, 0.5) is 26.7 Å². The Labute approximate surface area is 221 Å². The standard InChI is InChI=1S/C26H28F5N5O3/c27-12-17-8-18(10-19(9-17)26(29,30)31)13-33-25(39)35-7-5-23(37)36-21(4-6-32)24(38)34(15-22(35)36)14-16-2-1-3-20(28)11-16/h1-3,8-11,21-22H,4-7,12-15,32H2,(H,33,39)/t21-,22+/m0/s1. The van der Waals surface area contributed by atoms with Gasteiger partial charge in [0.2, 0.25) is 11.8 Å². The summed E-state index contributed by atoms with van der Waals surface area (Å²) in [6.45, 7) is -1.31. The maximum atomic E-state index is 13.7. The van der Waals surface area contributed by atoms with Crippen molar-refractivity contribution in [1.82, 2.24) is 20.0 Å². The van der Waals surface area contributed by atoms with Gasteiger partial charge >= 0.3 is 12.2 Å². The van der Waals surface area contributed by atoms with Crippen LogP contribution in [0.2, 0.25) is 0 Å². The van der Waals surface area contributed by atoms with Gasteiger partial charge in [0.1, 0.15) is 24.7 Å². The summed E-state index contributed by atoms with van der Waals surface area (Å²) in [6, 6.07) is 6.91. The largest absolute Gasteiger partial charge is 0.416 e. The van der Waals surface area contributed by atoms with Gasteiger partial charge in [0.25, 0.3) is 0 Å². The Morgan fingerprint density at radius 3 is 2.49 bits per heavy atom. The summed E-state index contributed by atoms with van der Waals surface area (Å²) in [5.41, 5.74) is 5.10. The molecule has 0 radical (unpaired) electrons. The summed E-state index contributed by atoms with van der Waals surface area (Å²) < 4.78 is 66.6. The molecule has 0 unspecified atom stereocenters. The van der Waals surface area contributed by atoms with Gasteiger partial charge in [-0.15, -0.1) is 0 Å². The lowest BCUT2D eigenvalue weighted by Gasteiger charge is -2.52. The SMILES string of the molecule is NCC[C@H]1C(=O)N(Cc2cccc(F)c2)C[C@@H]2N(C(=O)NCc3cc(CF)cc(C(F)(F)F)c3)CCC(=O)N21. The summed E-state index contributed by atoms with van der Waals surface area (Å²) in [4.78, 5) is 43.5. The molecule has 4 rings (SSSR count). The highest BCUT2D eigenvalue weighted by Crippen LogP contribution is 2.31. The minimum atomic E-state index is -4.69. The number of piperazine rings is 1. The highest BCUT2D eigenvalue weighted by atomic mass is 19.4. The molecule has 4 amide bonds. The van der Waals surface area contributed by atoms with E-state index in [1.54, 1.807) is 6.07 Å². The summed E-state index contributed by atoms with van der Waals surface area (Å²) >= 11 is 0. The van der Waals surface area contributed by atoms with E-state index in [-0.39, 0.29) is 68.5 Å². The maximum Gasteiger partial charge on any atom is 0.416 e. The van der Waals surface area contributed by atoms with Crippen LogP contribution in [0.15, 0.2) is 42.5 Å². The molecule has 0 spiro atoms. The molecule has 2 aromatic carbocycles. The Hall–Kier alpha value is -3.74. The molecule has 2 aromatic rings. The van der Waals surface area contributed by atoms with Crippen molar-refractivity contribution in [3.05, 3.63) is 70.5 Å². The summed E-state index contributed by atoms with van der Waals surface area (Å²) in [5.74, 6) is -1.18. The molecule has 2 aliphatic rings. The number of amides is 4. The number of hydrogen-bond acceptors (Lipinski definition) is 4. The number of carbonyl (C=O) groups is 3. The first-order chi connectivity index (χ1) is 18.5. The predicted octanol–water partition coefficient (Wildman–Crippen LogP) is 3.14. The van der Waals surface area contributed by atoms with Gasteiger partial charge in [0, 0.05) is 26.1 Å². The van der Waals surface area contributed by atoms with Crippen molar-refractivity contribution in [2.24, 2.45) is 5.73 Å². The van der Waals surface area contributed by atoms with E-state index in [2.05, 4.69) is 5.32 Å². The molecule has 2 atom stereocenters. The third-order valence-corrected chi connectivity index (χ3v) is 6.79. The average molecular weight is 554 g/mol. The first-order valence-electron chi connectivity index (χ1n) is 12.4. The molecule has 39 heavy (non-hydrogen) atoms. The van der Waals surface area contributed by atoms with Crippen LogP contribution in [-0.2, 0) is 35.5 Å². The van der Waals surface area contributed by atoms with Crippen molar-refractivity contribution in [2.45, 2.75) is 51.0 Å². The van der Waals surface area contributed by atoms with Gasteiger partial charge in [-0.3, -0.25) is 9.59 Å². The fourth-order valence-electron chi connectivity index (χ4n) is 5.04. The van der Waals surface area contributed by atoms with Crippen LogP contribution < -0.4 is 11.1 Å². The fourth-order valence-corrected chi connectivity index (χ4v) is 5.04. The first-order valence-corrected chi connectivity index (χ1v) is 12.4. The van der Waals surface area contributed by atoms with E-state index in [1.807, 2.05) is 0 Å². The third-order valence-electron chi connectivity index (χ3n) is 6.79. The maximum absolute atomic E-state index is 13.7. The van der Waals surface area contributed by atoms with Crippen LogP contribution >= 0.6 is 0 Å². The molecule has 0 aliphatic carbocycles. The number of carbonyl (C=O) groups excluding carboxylic acids is 3. The third kappa shape index (κ3) is 6.29. The van der Waals surface area contributed by atoms with Crippen LogP contribution in [0.3, 0.4) is 0 Å². The Balaban J connectivity index is 1.55. The predicted molar refractivity (Wildman–Crippen MR) is 130 cm³/mol. The number of nitrogens with one attached hydrogen (secondary N) is 1. The minimum absolute atomic E-state index is 0.0154. The zero-order valence-electron chi connectivity index (χ0n) is 20.9. The first kappa shape index (κ1) is 28.3. The Kier molecular flexibility index (Phi) is 8.38. The monoisotopic (exact) mass is 553 g/mol. The summed E-state index contributed by atoms with van der Waals surface area (Å²) in [5, 5.41) is 2.56. The molecule has 0 aromatic heterocycles. The van der Waals surface area contributed by atoms with Gasteiger partial charge in [0.15, 0.2) is 0 Å².